The summed E-state index contributed by atoms with van der Waals surface area (Å²) in [4.78, 5) is 25.1. The number of carbonyl (C=O) groups excluding carboxylic acids is 2. The van der Waals surface area contributed by atoms with Gasteiger partial charge in [0, 0.05) is 19.4 Å². The molecule has 1 aromatic rings. The fourth-order valence-corrected chi connectivity index (χ4v) is 2.34. The number of rotatable bonds is 3. The summed E-state index contributed by atoms with van der Waals surface area (Å²) in [5, 5.41) is 0. The Hall–Kier alpha value is -1.33. The van der Waals surface area contributed by atoms with Gasteiger partial charge in [-0.15, -0.1) is 0 Å². The SMILES string of the molecule is NCc1ccc2c(c1)CCC(=O)N2C(=O)CCS. The summed E-state index contributed by atoms with van der Waals surface area (Å²) in [7, 11) is 0. The molecule has 2 N–H and O–H groups in total. The van der Waals surface area contributed by atoms with Crippen LogP contribution < -0.4 is 10.6 Å². The normalized spacial score (nSPS) is 14.6. The summed E-state index contributed by atoms with van der Waals surface area (Å²) >= 11 is 4.04. The Morgan fingerprint density at radius 2 is 2.17 bits per heavy atom. The van der Waals surface area contributed by atoms with Gasteiger partial charge in [0.1, 0.15) is 0 Å². The molecule has 0 aromatic heterocycles. The highest BCUT2D eigenvalue weighted by Gasteiger charge is 2.28. The number of hydrogen-bond donors (Lipinski definition) is 2. The van der Waals surface area contributed by atoms with E-state index in [-0.39, 0.29) is 18.2 Å². The van der Waals surface area contributed by atoms with Crippen molar-refractivity contribution < 1.29 is 9.59 Å². The fraction of sp³-hybridized carbons (Fsp3) is 0.385. The van der Waals surface area contributed by atoms with Crippen LogP contribution in [0.4, 0.5) is 5.69 Å². The molecule has 4 nitrogen and oxygen atoms in total. The third kappa shape index (κ3) is 2.42. The lowest BCUT2D eigenvalue weighted by Crippen LogP contribution is -2.40. The zero-order chi connectivity index (χ0) is 13.1. The minimum atomic E-state index is -0.184. The first-order chi connectivity index (χ1) is 8.67. The van der Waals surface area contributed by atoms with Crippen molar-refractivity contribution in [3.8, 4) is 0 Å². The first-order valence-corrected chi connectivity index (χ1v) is 6.59. The molecule has 0 atom stereocenters. The molecule has 1 aliphatic rings. The van der Waals surface area contributed by atoms with Crippen molar-refractivity contribution in [1.82, 2.24) is 0 Å². The number of anilines is 1. The first kappa shape index (κ1) is 13.1. The number of nitrogens with zero attached hydrogens (tertiary/aromatic N) is 1. The number of aryl methyl sites for hydroxylation is 1. The lowest BCUT2D eigenvalue weighted by molar-refractivity contribution is -0.126. The number of carbonyl (C=O) groups is 2. The topological polar surface area (TPSA) is 63.4 Å². The lowest BCUT2D eigenvalue weighted by Gasteiger charge is -2.28. The summed E-state index contributed by atoms with van der Waals surface area (Å²) in [5.74, 6) is 0.130. The summed E-state index contributed by atoms with van der Waals surface area (Å²) in [5.41, 5.74) is 8.34. The van der Waals surface area contributed by atoms with Crippen LogP contribution in [0, 0.1) is 0 Å². The van der Waals surface area contributed by atoms with Crippen molar-refractivity contribution in [2.75, 3.05) is 10.7 Å². The van der Waals surface area contributed by atoms with Crippen molar-refractivity contribution in [2.24, 2.45) is 5.73 Å². The third-order valence-corrected chi connectivity index (χ3v) is 3.28. The zero-order valence-corrected chi connectivity index (χ0v) is 11.0. The van der Waals surface area contributed by atoms with E-state index in [0.29, 0.717) is 30.8 Å². The number of fused-ring (bicyclic) bond motifs is 1. The lowest BCUT2D eigenvalue weighted by atomic mass is 9.98. The van der Waals surface area contributed by atoms with Crippen LogP contribution in [-0.2, 0) is 22.6 Å². The molecule has 0 bridgehead atoms. The molecule has 0 saturated carbocycles. The molecular weight excluding hydrogens is 248 g/mol. The molecule has 0 spiro atoms. The van der Waals surface area contributed by atoms with Gasteiger partial charge >= 0.3 is 0 Å². The van der Waals surface area contributed by atoms with Gasteiger partial charge < -0.3 is 5.73 Å². The first-order valence-electron chi connectivity index (χ1n) is 5.96. The fourth-order valence-electron chi connectivity index (χ4n) is 2.15. The highest BCUT2D eigenvalue weighted by atomic mass is 32.1. The van der Waals surface area contributed by atoms with Gasteiger partial charge in [-0.3, -0.25) is 14.5 Å². The standard InChI is InChI=1S/C13H16N2O2S/c14-8-9-1-3-11-10(7-9)2-4-12(16)15(11)13(17)5-6-18/h1,3,7,18H,2,4-6,8,14H2. The predicted molar refractivity (Wildman–Crippen MR) is 73.6 cm³/mol. The van der Waals surface area contributed by atoms with Gasteiger partial charge in [0.2, 0.25) is 11.8 Å². The van der Waals surface area contributed by atoms with Crippen LogP contribution in [0.15, 0.2) is 18.2 Å². The van der Waals surface area contributed by atoms with Crippen LogP contribution in [-0.4, -0.2) is 17.6 Å². The summed E-state index contributed by atoms with van der Waals surface area (Å²) < 4.78 is 0. The molecule has 0 aliphatic carbocycles. The zero-order valence-electron chi connectivity index (χ0n) is 10.1. The van der Waals surface area contributed by atoms with Gasteiger partial charge in [-0.05, 0) is 29.4 Å². The smallest absolute Gasteiger partial charge is 0.234 e. The average Bonchev–Trinajstić information content (AvgIpc) is 2.38. The maximum absolute atomic E-state index is 12.0. The Kier molecular flexibility index (Phi) is 4.04. The molecule has 0 saturated heterocycles. The largest absolute Gasteiger partial charge is 0.326 e. The highest BCUT2D eigenvalue weighted by Crippen LogP contribution is 2.29. The number of nitrogens with two attached hydrogens (primary N) is 1. The second kappa shape index (κ2) is 5.54. The highest BCUT2D eigenvalue weighted by molar-refractivity contribution is 7.80. The van der Waals surface area contributed by atoms with E-state index < -0.39 is 0 Å². The molecule has 18 heavy (non-hydrogen) atoms. The van der Waals surface area contributed by atoms with E-state index in [1.165, 1.54) is 4.90 Å². The van der Waals surface area contributed by atoms with E-state index in [1.807, 2.05) is 18.2 Å². The maximum Gasteiger partial charge on any atom is 0.234 e. The molecule has 2 rings (SSSR count). The number of imide groups is 1. The van der Waals surface area contributed by atoms with Gasteiger partial charge in [0.25, 0.3) is 0 Å². The average molecular weight is 264 g/mol. The van der Waals surface area contributed by atoms with Crippen LogP contribution in [0.3, 0.4) is 0 Å². The van der Waals surface area contributed by atoms with Crippen LogP contribution >= 0.6 is 12.6 Å². The van der Waals surface area contributed by atoms with Crippen LogP contribution in [0.5, 0.6) is 0 Å². The summed E-state index contributed by atoms with van der Waals surface area (Å²) in [6.45, 7) is 0.464. The van der Waals surface area contributed by atoms with Gasteiger partial charge in [-0.2, -0.15) is 12.6 Å². The van der Waals surface area contributed by atoms with Crippen LogP contribution in [0.25, 0.3) is 0 Å². The van der Waals surface area contributed by atoms with Gasteiger partial charge in [-0.25, -0.2) is 0 Å². The molecule has 2 amide bonds. The quantitative estimate of drug-likeness (QED) is 0.808. The van der Waals surface area contributed by atoms with Crippen LogP contribution in [0.1, 0.15) is 24.0 Å². The van der Waals surface area contributed by atoms with Crippen molar-refractivity contribution in [2.45, 2.75) is 25.8 Å². The van der Waals surface area contributed by atoms with Crippen molar-refractivity contribution in [3.63, 3.8) is 0 Å². The van der Waals surface area contributed by atoms with Crippen molar-refractivity contribution in [1.29, 1.82) is 0 Å². The number of hydrogen-bond acceptors (Lipinski definition) is 4. The van der Waals surface area contributed by atoms with E-state index in [4.69, 9.17) is 5.73 Å². The Bertz CT molecular complexity index is 488. The molecule has 0 unspecified atom stereocenters. The Morgan fingerprint density at radius 1 is 1.39 bits per heavy atom. The van der Waals surface area contributed by atoms with Crippen LogP contribution in [0.2, 0.25) is 0 Å². The molecule has 96 valence electrons. The molecule has 1 aromatic carbocycles. The second-order valence-corrected chi connectivity index (χ2v) is 4.71. The Morgan fingerprint density at radius 3 is 2.83 bits per heavy atom. The van der Waals surface area contributed by atoms with Crippen molar-refractivity contribution >= 4 is 30.1 Å². The third-order valence-electron chi connectivity index (χ3n) is 3.05. The molecule has 5 heteroatoms. The van der Waals surface area contributed by atoms with Crippen molar-refractivity contribution in [3.05, 3.63) is 29.3 Å². The Labute approximate surface area is 112 Å². The minimum absolute atomic E-state index is 0.130. The van der Waals surface area contributed by atoms with E-state index >= 15 is 0 Å². The number of thiol groups is 1. The van der Waals surface area contributed by atoms with Gasteiger partial charge in [0.05, 0.1) is 5.69 Å². The van der Waals surface area contributed by atoms with Gasteiger partial charge in [0.15, 0.2) is 0 Å². The van der Waals surface area contributed by atoms with Gasteiger partial charge in [-0.1, -0.05) is 12.1 Å². The predicted octanol–water partition coefficient (Wildman–Crippen LogP) is 1.27. The molecule has 1 heterocycles. The molecule has 0 fully saturated rings. The minimum Gasteiger partial charge on any atom is -0.326 e. The second-order valence-electron chi connectivity index (χ2n) is 4.26. The summed E-state index contributed by atoms with van der Waals surface area (Å²) in [6, 6.07) is 5.65. The number of amides is 2. The van der Waals surface area contributed by atoms with E-state index in [0.717, 1.165) is 11.1 Å². The monoisotopic (exact) mass is 264 g/mol. The Balaban J connectivity index is 2.38. The van der Waals surface area contributed by atoms with E-state index in [2.05, 4.69) is 12.6 Å². The van der Waals surface area contributed by atoms with E-state index in [1.54, 1.807) is 0 Å². The van der Waals surface area contributed by atoms with E-state index in [9.17, 15) is 9.59 Å². The maximum atomic E-state index is 12.0. The summed E-state index contributed by atoms with van der Waals surface area (Å²) in [6.07, 6.45) is 1.32. The molecule has 0 radical (unpaired) electrons. The number of benzene rings is 1. The molecule has 1 aliphatic heterocycles. The molecular formula is C13H16N2O2S.